The maximum atomic E-state index is 14.6. The van der Waals surface area contributed by atoms with Crippen molar-refractivity contribution in [3.63, 3.8) is 0 Å². The minimum atomic E-state index is -1.39. The van der Waals surface area contributed by atoms with Crippen LogP contribution in [0, 0.1) is 5.82 Å². The van der Waals surface area contributed by atoms with E-state index in [0.717, 1.165) is 24.2 Å². The molecule has 9 heteroatoms. The first-order valence-corrected chi connectivity index (χ1v) is 8.68. The van der Waals surface area contributed by atoms with Crippen LogP contribution in [0.3, 0.4) is 0 Å². The average molecular weight is 367 g/mol. The van der Waals surface area contributed by atoms with Gasteiger partial charge in [0.1, 0.15) is 23.4 Å². The quantitative estimate of drug-likeness (QED) is 0.862. The Bertz CT molecular complexity index is 962. The zero-order valence-corrected chi connectivity index (χ0v) is 13.9. The summed E-state index contributed by atoms with van der Waals surface area (Å²) in [7, 11) is 0. The molecule has 1 saturated heterocycles. The van der Waals surface area contributed by atoms with E-state index in [4.69, 9.17) is 5.73 Å². The lowest BCUT2D eigenvalue weighted by atomic mass is 10.1. The van der Waals surface area contributed by atoms with Gasteiger partial charge in [-0.3, -0.25) is 4.79 Å². The average Bonchev–Trinajstić information content (AvgIpc) is 2.96. The van der Waals surface area contributed by atoms with Crippen molar-refractivity contribution in [2.75, 3.05) is 24.7 Å². The number of aromatic carboxylic acids is 1. The zero-order chi connectivity index (χ0) is 17.9. The van der Waals surface area contributed by atoms with Crippen LogP contribution in [0.15, 0.2) is 22.0 Å². The van der Waals surface area contributed by atoms with Crippen molar-refractivity contribution in [2.45, 2.75) is 22.9 Å². The molecule has 2 atom stereocenters. The summed E-state index contributed by atoms with van der Waals surface area (Å²) in [4.78, 5) is 25.7. The molecule has 3 heterocycles. The number of carboxylic acids is 1. The number of carboxylic acid groups (broad SMARTS) is 1. The lowest BCUT2D eigenvalue weighted by Crippen LogP contribution is -2.31. The number of nitrogens with zero attached hydrogens (tertiary/aromatic N) is 2. The van der Waals surface area contributed by atoms with Gasteiger partial charge in [0.05, 0.1) is 16.2 Å². The fourth-order valence-corrected chi connectivity index (χ4v) is 4.59. The Kier molecular flexibility index (Phi) is 3.73. The van der Waals surface area contributed by atoms with E-state index in [9.17, 15) is 23.5 Å². The van der Waals surface area contributed by atoms with Crippen molar-refractivity contribution in [3.8, 4) is 0 Å². The Labute approximate surface area is 145 Å². The van der Waals surface area contributed by atoms with Crippen LogP contribution >= 0.6 is 11.8 Å². The van der Waals surface area contributed by atoms with Crippen molar-refractivity contribution >= 4 is 34.3 Å². The molecular weight excluding hydrogens is 352 g/mol. The topological polar surface area (TPSA) is 88.6 Å². The fourth-order valence-electron chi connectivity index (χ4n) is 3.47. The summed E-state index contributed by atoms with van der Waals surface area (Å²) in [6.45, 7) is 0.374. The van der Waals surface area contributed by atoms with Crippen molar-refractivity contribution in [2.24, 2.45) is 5.73 Å². The molecule has 0 aliphatic carbocycles. The summed E-state index contributed by atoms with van der Waals surface area (Å²) < 4.78 is 29.3. The number of fused-ring (bicyclic) bond motifs is 3. The van der Waals surface area contributed by atoms with Crippen LogP contribution in [-0.4, -0.2) is 41.4 Å². The van der Waals surface area contributed by atoms with Gasteiger partial charge in [-0.1, -0.05) is 11.8 Å². The van der Waals surface area contributed by atoms with Gasteiger partial charge in [-0.15, -0.1) is 0 Å². The minimum Gasteiger partial charge on any atom is -0.477 e. The van der Waals surface area contributed by atoms with Crippen LogP contribution in [0.1, 0.15) is 22.2 Å². The van der Waals surface area contributed by atoms with Crippen molar-refractivity contribution in [3.05, 3.63) is 33.7 Å². The normalized spacial score (nSPS) is 22.1. The number of aromatic nitrogens is 1. The Morgan fingerprint density at radius 1 is 1.44 bits per heavy atom. The number of nitrogens with two attached hydrogens (primary N) is 1. The van der Waals surface area contributed by atoms with Gasteiger partial charge in [0.25, 0.3) is 0 Å². The Morgan fingerprint density at radius 2 is 2.20 bits per heavy atom. The molecule has 0 saturated carbocycles. The van der Waals surface area contributed by atoms with Crippen molar-refractivity contribution in [1.82, 2.24) is 4.57 Å². The molecule has 1 aromatic heterocycles. The van der Waals surface area contributed by atoms with E-state index in [0.29, 0.717) is 24.3 Å². The van der Waals surface area contributed by atoms with Crippen LogP contribution in [0.2, 0.25) is 0 Å². The highest BCUT2D eigenvalue weighted by molar-refractivity contribution is 8.00. The van der Waals surface area contributed by atoms with Crippen LogP contribution in [0.4, 0.5) is 14.5 Å². The lowest BCUT2D eigenvalue weighted by molar-refractivity contribution is 0.0689. The zero-order valence-electron chi connectivity index (χ0n) is 13.0. The molecule has 0 bridgehead atoms. The van der Waals surface area contributed by atoms with Crippen LogP contribution < -0.4 is 16.1 Å². The first-order valence-electron chi connectivity index (χ1n) is 7.80. The molecule has 25 heavy (non-hydrogen) atoms. The molecule has 1 aromatic carbocycles. The monoisotopic (exact) mass is 367 g/mol. The van der Waals surface area contributed by atoms with Gasteiger partial charge >= 0.3 is 5.97 Å². The number of benzene rings is 1. The van der Waals surface area contributed by atoms with Crippen molar-refractivity contribution in [1.29, 1.82) is 0 Å². The molecule has 2 aromatic rings. The molecule has 0 spiro atoms. The van der Waals surface area contributed by atoms with Crippen LogP contribution in [0.25, 0.3) is 10.9 Å². The standard InChI is InChI=1S/C16H15F2N3O3S/c17-5-12-21-10-4-11(20-2-1-7(19)6-20)9(18)3-8(10)14(22)13(16(23)24)15(21)25-12/h3-4,7,12H,1-2,5-6,19H2,(H,23,24). The third kappa shape index (κ3) is 2.33. The third-order valence-corrected chi connectivity index (χ3v) is 5.91. The number of anilines is 1. The molecule has 2 unspecified atom stereocenters. The van der Waals surface area contributed by atoms with E-state index in [1.807, 2.05) is 0 Å². The first kappa shape index (κ1) is 16.3. The molecule has 2 aliphatic rings. The molecule has 6 nitrogen and oxygen atoms in total. The summed E-state index contributed by atoms with van der Waals surface area (Å²) in [6, 6.07) is 2.50. The highest BCUT2D eigenvalue weighted by atomic mass is 32.2. The van der Waals surface area contributed by atoms with E-state index in [1.165, 1.54) is 10.6 Å². The second kappa shape index (κ2) is 5.70. The van der Waals surface area contributed by atoms with Gasteiger partial charge in [-0.05, 0) is 18.6 Å². The number of hydrogen-bond acceptors (Lipinski definition) is 5. The van der Waals surface area contributed by atoms with Gasteiger partial charge in [-0.25, -0.2) is 13.6 Å². The number of thioether (sulfide) groups is 1. The van der Waals surface area contributed by atoms with Gasteiger partial charge in [-0.2, -0.15) is 0 Å². The number of alkyl halides is 1. The van der Waals surface area contributed by atoms with Gasteiger partial charge in [0.2, 0.25) is 5.43 Å². The second-order valence-corrected chi connectivity index (χ2v) is 7.39. The van der Waals surface area contributed by atoms with Crippen molar-refractivity contribution < 1.29 is 18.7 Å². The molecule has 4 rings (SSSR count). The maximum absolute atomic E-state index is 14.6. The fraction of sp³-hybridized carbons (Fsp3) is 0.375. The van der Waals surface area contributed by atoms with E-state index in [-0.39, 0.29) is 16.5 Å². The summed E-state index contributed by atoms with van der Waals surface area (Å²) in [5, 5.41) is 8.86. The van der Waals surface area contributed by atoms with Crippen LogP contribution in [-0.2, 0) is 0 Å². The Balaban J connectivity index is 1.99. The van der Waals surface area contributed by atoms with Gasteiger partial charge in [0.15, 0.2) is 0 Å². The highest BCUT2D eigenvalue weighted by Gasteiger charge is 2.36. The molecule has 1 fully saturated rings. The molecule has 3 N–H and O–H groups in total. The smallest absolute Gasteiger partial charge is 0.342 e. The number of rotatable bonds is 3. The predicted molar refractivity (Wildman–Crippen MR) is 90.8 cm³/mol. The summed E-state index contributed by atoms with van der Waals surface area (Å²) in [6.07, 6.45) is 0.733. The largest absolute Gasteiger partial charge is 0.477 e. The Morgan fingerprint density at radius 3 is 2.80 bits per heavy atom. The van der Waals surface area contributed by atoms with Gasteiger partial charge < -0.3 is 20.3 Å². The second-order valence-electron chi connectivity index (χ2n) is 6.23. The number of hydrogen-bond donors (Lipinski definition) is 2. The molecule has 0 radical (unpaired) electrons. The summed E-state index contributed by atoms with van der Waals surface area (Å²) in [5.41, 5.74) is 5.34. The molecule has 2 aliphatic heterocycles. The maximum Gasteiger partial charge on any atom is 0.342 e. The number of pyridine rings is 1. The van der Waals surface area contributed by atoms with E-state index < -0.39 is 34.8 Å². The van der Waals surface area contributed by atoms with E-state index in [2.05, 4.69) is 0 Å². The van der Waals surface area contributed by atoms with Gasteiger partial charge in [0, 0.05) is 24.5 Å². The third-order valence-electron chi connectivity index (χ3n) is 4.68. The number of halogens is 2. The van der Waals surface area contributed by atoms with E-state index >= 15 is 0 Å². The van der Waals surface area contributed by atoms with E-state index in [1.54, 1.807) is 4.90 Å². The summed E-state index contributed by atoms with van der Waals surface area (Å²) in [5.74, 6) is -2.00. The molecule has 0 amide bonds. The minimum absolute atomic E-state index is 0.0513. The first-order chi connectivity index (χ1) is 11.9. The lowest BCUT2D eigenvalue weighted by Gasteiger charge is -2.33. The number of carbonyl (C=O) groups is 1. The highest BCUT2D eigenvalue weighted by Crippen LogP contribution is 2.47. The molecular formula is C16H15F2N3O3S. The predicted octanol–water partition coefficient (Wildman–Crippen LogP) is 1.95. The molecule has 132 valence electrons. The van der Waals surface area contributed by atoms with Crippen LogP contribution in [0.5, 0.6) is 0 Å². The SMILES string of the molecule is NC1CCN(c2cc3c(cc2F)c(=O)c(C(=O)O)c2n3C(CF)S2)C1. The summed E-state index contributed by atoms with van der Waals surface area (Å²) >= 11 is 1.01. The Hall–Kier alpha value is -2.13.